The van der Waals surface area contributed by atoms with E-state index in [-0.39, 0.29) is 0 Å². The van der Waals surface area contributed by atoms with E-state index in [0.29, 0.717) is 0 Å². The van der Waals surface area contributed by atoms with Crippen LogP contribution in [-0.2, 0) is 0 Å². The molecule has 0 amide bonds. The lowest BCUT2D eigenvalue weighted by molar-refractivity contribution is -0.0507. The topological polar surface area (TPSA) is 32.5 Å². The number of piperidine rings is 1. The maximum absolute atomic E-state index is 5.62. The third-order valence-corrected chi connectivity index (χ3v) is 2.59. The van der Waals surface area contributed by atoms with Crippen LogP contribution < -0.4 is 5.84 Å². The molecule has 0 spiro atoms. The first-order chi connectivity index (χ1) is 5.27. The smallest absolute Gasteiger partial charge is 0.0286 e. The van der Waals surface area contributed by atoms with Crippen molar-refractivity contribution >= 4 is 0 Å². The number of hydrogen-bond donors (Lipinski definition) is 1. The molecule has 3 heteroatoms. The van der Waals surface area contributed by atoms with E-state index < -0.39 is 0 Å². The molecule has 66 valence electrons. The van der Waals surface area contributed by atoms with Gasteiger partial charge in [0.05, 0.1) is 0 Å². The summed E-state index contributed by atoms with van der Waals surface area (Å²) >= 11 is 0. The predicted molar refractivity (Wildman–Crippen MR) is 47.1 cm³/mol. The summed E-state index contributed by atoms with van der Waals surface area (Å²) in [5.74, 6) is 5.62. The van der Waals surface area contributed by atoms with Crippen LogP contribution in [0.4, 0.5) is 0 Å². The van der Waals surface area contributed by atoms with Crippen LogP contribution in [0.5, 0.6) is 0 Å². The van der Waals surface area contributed by atoms with Crippen molar-refractivity contribution in [2.24, 2.45) is 5.84 Å². The van der Waals surface area contributed by atoms with Crippen molar-refractivity contribution in [1.29, 1.82) is 0 Å². The normalized spacial score (nSPS) is 37.1. The minimum atomic E-state index is 0.758. The lowest BCUT2D eigenvalue weighted by atomic mass is 9.89. The summed E-state index contributed by atoms with van der Waals surface area (Å²) in [4.78, 5) is 2.42. The Morgan fingerprint density at radius 1 is 1.18 bits per heavy atom. The van der Waals surface area contributed by atoms with Crippen LogP contribution in [0, 0.1) is 0 Å². The molecule has 3 rings (SSSR count). The van der Waals surface area contributed by atoms with Crippen molar-refractivity contribution in [2.45, 2.75) is 32.4 Å². The molecule has 3 heterocycles. The highest BCUT2D eigenvalue weighted by Crippen LogP contribution is 2.28. The highest BCUT2D eigenvalue weighted by Gasteiger charge is 2.40. The Morgan fingerprint density at radius 3 is 1.91 bits per heavy atom. The van der Waals surface area contributed by atoms with Gasteiger partial charge in [-0.3, -0.25) is 10.7 Å². The van der Waals surface area contributed by atoms with Gasteiger partial charge in [0.25, 0.3) is 0 Å². The van der Waals surface area contributed by atoms with Gasteiger partial charge in [-0.05, 0) is 13.5 Å². The van der Waals surface area contributed by atoms with E-state index in [1.54, 1.807) is 0 Å². The van der Waals surface area contributed by atoms with E-state index in [2.05, 4.69) is 11.9 Å². The van der Waals surface area contributed by atoms with Crippen LogP contribution in [0.15, 0.2) is 0 Å². The molecule has 3 aliphatic heterocycles. The third-order valence-electron chi connectivity index (χ3n) is 2.59. The van der Waals surface area contributed by atoms with Gasteiger partial charge in [0, 0.05) is 25.2 Å². The molecule has 2 unspecified atom stereocenters. The van der Waals surface area contributed by atoms with Crippen molar-refractivity contribution in [2.75, 3.05) is 20.1 Å². The lowest BCUT2D eigenvalue weighted by Gasteiger charge is -2.53. The Balaban J connectivity index is 0.000000281. The van der Waals surface area contributed by atoms with E-state index in [4.69, 9.17) is 5.84 Å². The van der Waals surface area contributed by atoms with Crippen molar-refractivity contribution in [3.8, 4) is 0 Å². The molecule has 3 fully saturated rings. The highest BCUT2D eigenvalue weighted by atomic mass is 15.5. The molecule has 0 saturated carbocycles. The van der Waals surface area contributed by atoms with Crippen molar-refractivity contribution < 1.29 is 0 Å². The van der Waals surface area contributed by atoms with Crippen molar-refractivity contribution in [3.05, 3.63) is 0 Å². The number of likely N-dealkylation sites (N-methyl/N-ethyl adjacent to an activating group) is 1. The quantitative estimate of drug-likeness (QED) is 0.512. The van der Waals surface area contributed by atoms with Crippen molar-refractivity contribution in [3.63, 3.8) is 0 Å². The number of fused-ring (bicyclic) bond motifs is 2. The third kappa shape index (κ3) is 1.55. The monoisotopic (exact) mass is 157 g/mol. The Labute approximate surface area is 69.1 Å². The average Bonchev–Trinajstić information content (AvgIpc) is 2.07. The van der Waals surface area contributed by atoms with Gasteiger partial charge in [0.1, 0.15) is 0 Å². The van der Waals surface area contributed by atoms with Crippen LogP contribution in [0.1, 0.15) is 20.3 Å². The van der Waals surface area contributed by atoms with Gasteiger partial charge in [-0.15, -0.1) is 0 Å². The second kappa shape index (κ2) is 3.52. The lowest BCUT2D eigenvalue weighted by Crippen LogP contribution is -2.68. The first-order valence-corrected chi connectivity index (χ1v) is 4.49. The minimum Gasteiger partial charge on any atom is -0.298 e. The van der Waals surface area contributed by atoms with Crippen LogP contribution in [0.2, 0.25) is 0 Å². The number of rotatable bonds is 0. The summed E-state index contributed by atoms with van der Waals surface area (Å²) < 4.78 is 0. The summed E-state index contributed by atoms with van der Waals surface area (Å²) in [5, 5.41) is 1.93. The molecular weight excluding hydrogens is 138 g/mol. The fourth-order valence-corrected chi connectivity index (χ4v) is 1.83. The molecule has 3 aliphatic rings. The summed E-state index contributed by atoms with van der Waals surface area (Å²) in [6.07, 6.45) is 1.37. The molecule has 0 aromatic heterocycles. The average molecular weight is 157 g/mol. The first kappa shape index (κ1) is 8.97. The van der Waals surface area contributed by atoms with E-state index >= 15 is 0 Å². The van der Waals surface area contributed by atoms with E-state index in [9.17, 15) is 0 Å². The number of piperazine rings is 1. The zero-order valence-corrected chi connectivity index (χ0v) is 7.75. The summed E-state index contributed by atoms with van der Waals surface area (Å²) in [5.41, 5.74) is 0. The molecule has 0 radical (unpaired) electrons. The van der Waals surface area contributed by atoms with Gasteiger partial charge in [-0.1, -0.05) is 13.8 Å². The molecular formula is C8H19N3. The summed E-state index contributed by atoms with van der Waals surface area (Å²) in [6, 6.07) is 1.52. The van der Waals surface area contributed by atoms with Crippen molar-refractivity contribution in [1.82, 2.24) is 9.91 Å². The second-order valence-corrected chi connectivity index (χ2v) is 3.16. The summed E-state index contributed by atoms with van der Waals surface area (Å²) in [6.45, 7) is 6.12. The Hall–Kier alpha value is -0.120. The van der Waals surface area contributed by atoms with E-state index in [1.165, 1.54) is 6.42 Å². The van der Waals surface area contributed by atoms with Crippen LogP contribution >= 0.6 is 0 Å². The number of hydrazine groups is 1. The van der Waals surface area contributed by atoms with Crippen LogP contribution in [-0.4, -0.2) is 42.1 Å². The van der Waals surface area contributed by atoms with Gasteiger partial charge < -0.3 is 0 Å². The largest absolute Gasteiger partial charge is 0.298 e. The molecule has 2 bridgehead atoms. The second-order valence-electron chi connectivity index (χ2n) is 3.16. The van der Waals surface area contributed by atoms with E-state index in [1.807, 2.05) is 18.9 Å². The van der Waals surface area contributed by atoms with Gasteiger partial charge in [0.15, 0.2) is 0 Å². The standard InChI is InChI=1S/C6H13N3.C2H6/c1-8-5-2-6(8)4-9(7)3-5;1-2/h5-6H,2-4,7H2,1H3;1-2H3. The minimum absolute atomic E-state index is 0.758. The van der Waals surface area contributed by atoms with E-state index in [0.717, 1.165) is 25.2 Å². The van der Waals surface area contributed by atoms with Gasteiger partial charge in [-0.2, -0.15) is 0 Å². The fourth-order valence-electron chi connectivity index (χ4n) is 1.83. The Kier molecular flexibility index (Phi) is 2.87. The first-order valence-electron chi connectivity index (χ1n) is 4.49. The summed E-state index contributed by atoms with van der Waals surface area (Å²) in [7, 11) is 2.19. The Morgan fingerprint density at radius 2 is 1.64 bits per heavy atom. The van der Waals surface area contributed by atoms with Gasteiger partial charge in [-0.25, -0.2) is 5.01 Å². The maximum atomic E-state index is 5.62. The maximum Gasteiger partial charge on any atom is 0.0286 e. The number of hydrogen-bond acceptors (Lipinski definition) is 3. The number of nitrogens with zero attached hydrogens (tertiary/aromatic N) is 2. The highest BCUT2D eigenvalue weighted by molar-refractivity contribution is 4.97. The molecule has 0 aromatic rings. The van der Waals surface area contributed by atoms with Crippen LogP contribution in [0.3, 0.4) is 0 Å². The number of nitrogens with two attached hydrogens (primary N) is 1. The van der Waals surface area contributed by atoms with Gasteiger partial charge >= 0.3 is 0 Å². The van der Waals surface area contributed by atoms with Crippen LogP contribution in [0.25, 0.3) is 0 Å². The molecule has 0 aliphatic carbocycles. The molecule has 2 atom stereocenters. The molecule has 3 saturated heterocycles. The SMILES string of the molecule is CC.CN1C2CC1CN(N)C2. The fraction of sp³-hybridized carbons (Fsp3) is 1.00. The van der Waals surface area contributed by atoms with Gasteiger partial charge in [0.2, 0.25) is 0 Å². The Bertz CT molecular complexity index is 115. The predicted octanol–water partition coefficient (Wildman–Crippen LogP) is 0.275. The molecule has 2 N–H and O–H groups in total. The molecule has 3 nitrogen and oxygen atoms in total. The zero-order chi connectivity index (χ0) is 8.43. The molecule has 11 heavy (non-hydrogen) atoms. The zero-order valence-electron chi connectivity index (χ0n) is 7.75. The molecule has 0 aromatic carbocycles.